The second-order valence-electron chi connectivity index (χ2n) is 8.12. The van der Waals surface area contributed by atoms with Crippen LogP contribution in [0.25, 0.3) is 0 Å². The van der Waals surface area contributed by atoms with Crippen molar-refractivity contribution in [3.8, 4) is 0 Å². The Morgan fingerprint density at radius 2 is 1.48 bits per heavy atom. The molecule has 0 unspecified atom stereocenters. The first-order valence-corrected chi connectivity index (χ1v) is 10.6. The van der Waals surface area contributed by atoms with Crippen LogP contribution in [0.5, 0.6) is 0 Å². The van der Waals surface area contributed by atoms with E-state index in [0.717, 1.165) is 56.7 Å². The second kappa shape index (κ2) is 7.84. The smallest absolute Gasteiger partial charge is 0.258 e. The quantitative estimate of drug-likeness (QED) is 0.647. The number of rotatable bonds is 3. The molecule has 1 amide bonds. The molecule has 3 heteroatoms. The number of aryl methyl sites for hydroxylation is 1. The highest BCUT2D eigenvalue weighted by molar-refractivity contribution is 6.06. The van der Waals surface area contributed by atoms with E-state index in [4.69, 9.17) is 0 Å². The minimum Gasteiger partial charge on any atom is -0.308 e. The first-order chi connectivity index (χ1) is 14.3. The maximum Gasteiger partial charge on any atom is 0.258 e. The molecule has 146 valence electrons. The molecule has 0 fully saturated rings. The Morgan fingerprint density at radius 1 is 0.759 bits per heavy atom. The standard InChI is InChI=1S/C26H26N2O/c29-26(28-16-5-9-22-7-3-4-10-25(22)28)23-13-11-20(12-14-23)18-27-17-15-21-6-1-2-8-24(21)19-27/h1-4,6-8,10-14H,5,9,15-19H2. The maximum absolute atomic E-state index is 13.1. The van der Waals surface area contributed by atoms with Crippen molar-refractivity contribution in [3.63, 3.8) is 0 Å². The van der Waals surface area contributed by atoms with E-state index in [0.29, 0.717) is 0 Å². The van der Waals surface area contributed by atoms with E-state index in [9.17, 15) is 4.79 Å². The number of amides is 1. The van der Waals surface area contributed by atoms with Gasteiger partial charge >= 0.3 is 0 Å². The van der Waals surface area contributed by atoms with Crippen molar-refractivity contribution in [2.45, 2.75) is 32.4 Å². The van der Waals surface area contributed by atoms with Crippen LogP contribution in [-0.2, 0) is 25.9 Å². The molecule has 0 aliphatic carbocycles. The van der Waals surface area contributed by atoms with Gasteiger partial charge < -0.3 is 4.90 Å². The van der Waals surface area contributed by atoms with Crippen LogP contribution in [0.15, 0.2) is 72.8 Å². The molecule has 0 atom stereocenters. The lowest BCUT2D eigenvalue weighted by molar-refractivity contribution is 0.0985. The van der Waals surface area contributed by atoms with Gasteiger partial charge in [0.15, 0.2) is 0 Å². The van der Waals surface area contributed by atoms with E-state index in [1.54, 1.807) is 0 Å². The number of hydrogen-bond acceptors (Lipinski definition) is 2. The van der Waals surface area contributed by atoms with Crippen LogP contribution in [0.1, 0.15) is 39.0 Å². The molecule has 2 aliphatic heterocycles. The van der Waals surface area contributed by atoms with E-state index in [1.807, 2.05) is 23.1 Å². The van der Waals surface area contributed by atoms with Gasteiger partial charge in [-0.15, -0.1) is 0 Å². The first-order valence-electron chi connectivity index (χ1n) is 10.6. The second-order valence-corrected chi connectivity index (χ2v) is 8.12. The minimum absolute atomic E-state index is 0.107. The van der Waals surface area contributed by atoms with Crippen LogP contribution in [0.2, 0.25) is 0 Å². The van der Waals surface area contributed by atoms with Crippen molar-refractivity contribution in [2.75, 3.05) is 18.0 Å². The molecule has 0 bridgehead atoms. The number of carbonyl (C=O) groups is 1. The predicted molar refractivity (Wildman–Crippen MR) is 117 cm³/mol. The summed E-state index contributed by atoms with van der Waals surface area (Å²) in [6, 6.07) is 25.2. The molecule has 3 nitrogen and oxygen atoms in total. The molecule has 2 aliphatic rings. The van der Waals surface area contributed by atoms with Crippen LogP contribution < -0.4 is 4.90 Å². The fourth-order valence-electron chi connectivity index (χ4n) is 4.60. The molecule has 0 aromatic heterocycles. The molecular formula is C26H26N2O. The summed E-state index contributed by atoms with van der Waals surface area (Å²) in [5.41, 5.74) is 7.30. The Bertz CT molecular complexity index is 1020. The van der Waals surface area contributed by atoms with Crippen LogP contribution in [0, 0.1) is 0 Å². The molecule has 0 saturated heterocycles. The third-order valence-corrected chi connectivity index (χ3v) is 6.17. The molecule has 3 aromatic carbocycles. The topological polar surface area (TPSA) is 23.6 Å². The number of nitrogens with zero attached hydrogens (tertiary/aromatic N) is 2. The average Bonchev–Trinajstić information content (AvgIpc) is 2.79. The summed E-state index contributed by atoms with van der Waals surface area (Å²) < 4.78 is 0. The third kappa shape index (κ3) is 3.70. The summed E-state index contributed by atoms with van der Waals surface area (Å²) in [6.07, 6.45) is 3.19. The Labute approximate surface area is 172 Å². The third-order valence-electron chi connectivity index (χ3n) is 6.17. The molecule has 0 saturated carbocycles. The highest BCUT2D eigenvalue weighted by Crippen LogP contribution is 2.28. The van der Waals surface area contributed by atoms with Gasteiger partial charge in [0.1, 0.15) is 0 Å². The number of fused-ring (bicyclic) bond motifs is 2. The Balaban J connectivity index is 1.28. The van der Waals surface area contributed by atoms with Gasteiger partial charge in [-0.3, -0.25) is 9.69 Å². The minimum atomic E-state index is 0.107. The van der Waals surface area contributed by atoms with E-state index < -0.39 is 0 Å². The molecule has 0 N–H and O–H groups in total. The van der Waals surface area contributed by atoms with E-state index in [-0.39, 0.29) is 5.91 Å². The van der Waals surface area contributed by atoms with Crippen LogP contribution in [0.3, 0.4) is 0 Å². The summed E-state index contributed by atoms with van der Waals surface area (Å²) in [5.74, 6) is 0.107. The van der Waals surface area contributed by atoms with Crippen molar-refractivity contribution in [2.24, 2.45) is 0 Å². The average molecular weight is 383 g/mol. The zero-order valence-corrected chi connectivity index (χ0v) is 16.7. The summed E-state index contributed by atoms with van der Waals surface area (Å²) in [7, 11) is 0. The fraction of sp³-hybridized carbons (Fsp3) is 0.269. The number of carbonyl (C=O) groups excluding carboxylic acids is 1. The fourth-order valence-corrected chi connectivity index (χ4v) is 4.60. The van der Waals surface area contributed by atoms with E-state index in [1.165, 1.54) is 22.3 Å². The maximum atomic E-state index is 13.1. The predicted octanol–water partition coefficient (Wildman–Crippen LogP) is 4.84. The zero-order valence-electron chi connectivity index (χ0n) is 16.7. The monoisotopic (exact) mass is 382 g/mol. The van der Waals surface area contributed by atoms with Gasteiger partial charge in [-0.05, 0) is 59.7 Å². The summed E-state index contributed by atoms with van der Waals surface area (Å²) >= 11 is 0. The van der Waals surface area contributed by atoms with Crippen molar-refractivity contribution in [1.29, 1.82) is 0 Å². The lowest BCUT2D eigenvalue weighted by Gasteiger charge is -2.30. The molecule has 0 radical (unpaired) electrons. The zero-order chi connectivity index (χ0) is 19.6. The van der Waals surface area contributed by atoms with E-state index >= 15 is 0 Å². The van der Waals surface area contributed by atoms with Gasteiger partial charge in [0.05, 0.1) is 0 Å². The summed E-state index contributed by atoms with van der Waals surface area (Å²) in [5, 5.41) is 0. The molecule has 0 spiro atoms. The van der Waals surface area contributed by atoms with Gasteiger partial charge in [0.2, 0.25) is 0 Å². The molecule has 29 heavy (non-hydrogen) atoms. The Hall–Kier alpha value is -2.91. The number of para-hydroxylation sites is 1. The molecular weight excluding hydrogens is 356 g/mol. The molecule has 5 rings (SSSR count). The van der Waals surface area contributed by atoms with Crippen molar-refractivity contribution >= 4 is 11.6 Å². The SMILES string of the molecule is O=C(c1ccc(CN2CCc3ccccc3C2)cc1)N1CCCc2ccccc21. The normalized spacial score (nSPS) is 16.2. The van der Waals surface area contributed by atoms with E-state index in [2.05, 4.69) is 59.5 Å². The Kier molecular flexibility index (Phi) is 4.91. The number of anilines is 1. The van der Waals surface area contributed by atoms with Gasteiger partial charge in [0, 0.05) is 37.4 Å². The van der Waals surface area contributed by atoms with Gasteiger partial charge in [-0.1, -0.05) is 54.6 Å². The molecule has 2 heterocycles. The van der Waals surface area contributed by atoms with Crippen molar-refractivity contribution in [3.05, 3.63) is 101 Å². The van der Waals surface area contributed by atoms with Crippen molar-refractivity contribution in [1.82, 2.24) is 4.90 Å². The lowest BCUT2D eigenvalue weighted by Crippen LogP contribution is -2.35. The summed E-state index contributed by atoms with van der Waals surface area (Å²) in [6.45, 7) is 3.81. The van der Waals surface area contributed by atoms with Gasteiger partial charge in [0.25, 0.3) is 5.91 Å². The Morgan fingerprint density at radius 3 is 2.31 bits per heavy atom. The first kappa shape index (κ1) is 18.1. The van der Waals surface area contributed by atoms with Crippen molar-refractivity contribution < 1.29 is 4.79 Å². The van der Waals surface area contributed by atoms with Crippen LogP contribution in [-0.4, -0.2) is 23.9 Å². The number of benzene rings is 3. The van der Waals surface area contributed by atoms with Gasteiger partial charge in [-0.2, -0.15) is 0 Å². The highest BCUT2D eigenvalue weighted by Gasteiger charge is 2.23. The highest BCUT2D eigenvalue weighted by atomic mass is 16.2. The lowest BCUT2D eigenvalue weighted by atomic mass is 9.99. The summed E-state index contributed by atoms with van der Waals surface area (Å²) in [4.78, 5) is 17.5. The van der Waals surface area contributed by atoms with Crippen LogP contribution >= 0.6 is 0 Å². The largest absolute Gasteiger partial charge is 0.308 e. The van der Waals surface area contributed by atoms with Crippen LogP contribution in [0.4, 0.5) is 5.69 Å². The van der Waals surface area contributed by atoms with Gasteiger partial charge in [-0.25, -0.2) is 0 Å². The number of hydrogen-bond donors (Lipinski definition) is 0. The molecule has 3 aromatic rings.